The maximum atomic E-state index is 13.4. The van der Waals surface area contributed by atoms with Gasteiger partial charge in [-0.25, -0.2) is 4.98 Å². The number of aromatic nitrogens is 1. The molecule has 0 radical (unpaired) electrons. The van der Waals surface area contributed by atoms with Gasteiger partial charge in [-0.2, -0.15) is 26.3 Å². The number of benzene rings is 2. The zero-order valence-corrected chi connectivity index (χ0v) is 17.6. The SMILES string of the molecule is FC(F)(F)c1ccccc1N=C1CCc2cc3c(nc21)C(=Nc1ccccc1C(F)(F)F)CC3. The summed E-state index contributed by atoms with van der Waals surface area (Å²) in [7, 11) is 0. The first-order chi connectivity index (χ1) is 16.1. The van der Waals surface area contributed by atoms with E-state index in [9.17, 15) is 26.3 Å². The van der Waals surface area contributed by atoms with E-state index in [0.717, 1.165) is 23.3 Å². The minimum absolute atomic E-state index is 0.187. The van der Waals surface area contributed by atoms with E-state index >= 15 is 0 Å². The van der Waals surface area contributed by atoms with Crippen LogP contribution >= 0.6 is 0 Å². The summed E-state index contributed by atoms with van der Waals surface area (Å²) in [6.07, 6.45) is -7.04. The van der Waals surface area contributed by atoms with E-state index in [-0.39, 0.29) is 11.4 Å². The van der Waals surface area contributed by atoms with Crippen LogP contribution < -0.4 is 0 Å². The van der Waals surface area contributed by atoms with Crippen molar-refractivity contribution in [3.63, 3.8) is 0 Å². The molecule has 3 nitrogen and oxygen atoms in total. The molecule has 9 heteroatoms. The van der Waals surface area contributed by atoms with Crippen molar-refractivity contribution in [3.8, 4) is 0 Å². The largest absolute Gasteiger partial charge is 0.418 e. The average molecular weight is 473 g/mol. The number of rotatable bonds is 2. The Hall–Kier alpha value is -3.49. The Morgan fingerprint density at radius 3 is 1.41 bits per heavy atom. The molecule has 0 N–H and O–H groups in total. The number of alkyl halides is 6. The Bertz CT molecular complexity index is 1240. The standard InChI is InChI=1S/C25H17F6N3/c26-24(27,28)16-5-1-3-7-18(16)32-20-11-9-14-13-15-10-12-21(23(15)34-22(14)20)33-19-8-4-2-6-17(19)25(29,30)31/h1-8,13H,9-12H2. The van der Waals surface area contributed by atoms with E-state index in [4.69, 9.17) is 0 Å². The zero-order valence-electron chi connectivity index (χ0n) is 17.6. The Morgan fingerprint density at radius 1 is 0.588 bits per heavy atom. The summed E-state index contributed by atoms with van der Waals surface area (Å²) in [4.78, 5) is 13.2. The van der Waals surface area contributed by atoms with Crippen molar-refractivity contribution < 1.29 is 26.3 Å². The highest BCUT2D eigenvalue weighted by molar-refractivity contribution is 6.08. The van der Waals surface area contributed by atoms with Crippen LogP contribution in [0.25, 0.3) is 0 Å². The van der Waals surface area contributed by atoms with Crippen LogP contribution in [0.15, 0.2) is 64.6 Å². The van der Waals surface area contributed by atoms with E-state index in [1.807, 2.05) is 6.07 Å². The molecule has 2 aromatic carbocycles. The van der Waals surface area contributed by atoms with Gasteiger partial charge in [0, 0.05) is 0 Å². The Labute approximate surface area is 190 Å². The molecule has 174 valence electrons. The van der Waals surface area contributed by atoms with Crippen LogP contribution in [-0.2, 0) is 25.2 Å². The quantitative estimate of drug-likeness (QED) is 0.361. The molecular weight excluding hydrogens is 456 g/mol. The van der Waals surface area contributed by atoms with Crippen LogP contribution in [0.2, 0.25) is 0 Å². The number of aliphatic imine (C=N–C) groups is 2. The second kappa shape index (κ2) is 8.07. The van der Waals surface area contributed by atoms with Gasteiger partial charge in [0.25, 0.3) is 0 Å². The highest BCUT2D eigenvalue weighted by Gasteiger charge is 2.35. The molecule has 0 aliphatic heterocycles. The Morgan fingerprint density at radius 2 is 1.00 bits per heavy atom. The Kier molecular flexibility index (Phi) is 5.30. The van der Waals surface area contributed by atoms with Crippen molar-refractivity contribution in [2.24, 2.45) is 9.98 Å². The summed E-state index contributed by atoms with van der Waals surface area (Å²) < 4.78 is 80.4. The summed E-state index contributed by atoms with van der Waals surface area (Å²) >= 11 is 0. The molecule has 0 saturated carbocycles. The molecule has 0 saturated heterocycles. The minimum Gasteiger partial charge on any atom is -0.251 e. The molecule has 0 atom stereocenters. The van der Waals surface area contributed by atoms with Gasteiger partial charge < -0.3 is 0 Å². The molecule has 0 fully saturated rings. The fraction of sp³-hybridized carbons (Fsp3) is 0.240. The van der Waals surface area contributed by atoms with Gasteiger partial charge in [0.1, 0.15) is 0 Å². The number of hydrogen-bond acceptors (Lipinski definition) is 3. The van der Waals surface area contributed by atoms with Gasteiger partial charge in [-0.05, 0) is 61.1 Å². The summed E-state index contributed by atoms with van der Waals surface area (Å²) in [6, 6.07) is 12.1. The van der Waals surface area contributed by atoms with Gasteiger partial charge in [0.2, 0.25) is 0 Å². The second-order valence-electron chi connectivity index (χ2n) is 8.15. The first kappa shape index (κ1) is 22.3. The number of hydrogen-bond donors (Lipinski definition) is 0. The van der Waals surface area contributed by atoms with E-state index < -0.39 is 23.5 Å². The van der Waals surface area contributed by atoms with Crippen LogP contribution in [0, 0.1) is 0 Å². The molecule has 0 spiro atoms. The molecule has 3 aromatic rings. The second-order valence-corrected chi connectivity index (χ2v) is 8.15. The molecular formula is C25H17F6N3. The maximum Gasteiger partial charge on any atom is 0.418 e. The predicted octanol–water partition coefficient (Wildman–Crippen LogP) is 7.25. The van der Waals surface area contributed by atoms with Crippen molar-refractivity contribution in [1.29, 1.82) is 0 Å². The third-order valence-electron chi connectivity index (χ3n) is 5.92. The number of fused-ring (bicyclic) bond motifs is 2. The molecule has 1 aromatic heterocycles. The van der Waals surface area contributed by atoms with Gasteiger partial charge in [-0.15, -0.1) is 0 Å². The van der Waals surface area contributed by atoms with Crippen LogP contribution in [0.5, 0.6) is 0 Å². The first-order valence-electron chi connectivity index (χ1n) is 10.6. The van der Waals surface area contributed by atoms with E-state index in [1.165, 1.54) is 36.4 Å². The van der Waals surface area contributed by atoms with Gasteiger partial charge in [0.15, 0.2) is 0 Å². The van der Waals surface area contributed by atoms with Gasteiger partial charge >= 0.3 is 12.4 Å². The van der Waals surface area contributed by atoms with Crippen LogP contribution in [0.3, 0.4) is 0 Å². The molecule has 0 unspecified atom stereocenters. The van der Waals surface area contributed by atoms with Gasteiger partial charge in [-0.1, -0.05) is 30.3 Å². The highest BCUT2D eigenvalue weighted by Crippen LogP contribution is 2.39. The third kappa shape index (κ3) is 4.10. The minimum atomic E-state index is -4.54. The first-order valence-corrected chi connectivity index (χ1v) is 10.6. The lowest BCUT2D eigenvalue weighted by Gasteiger charge is -2.11. The number of aryl methyl sites for hydroxylation is 2. The van der Waals surface area contributed by atoms with Gasteiger partial charge in [0.05, 0.1) is 45.3 Å². The lowest BCUT2D eigenvalue weighted by Crippen LogP contribution is -2.08. The molecule has 2 aliphatic rings. The Balaban J connectivity index is 1.57. The van der Waals surface area contributed by atoms with E-state index in [0.29, 0.717) is 48.5 Å². The lowest BCUT2D eigenvalue weighted by molar-refractivity contribution is -0.137. The van der Waals surface area contributed by atoms with Crippen LogP contribution in [0.4, 0.5) is 37.7 Å². The van der Waals surface area contributed by atoms with Crippen molar-refractivity contribution in [1.82, 2.24) is 4.98 Å². The molecule has 0 amide bonds. The summed E-state index contributed by atoms with van der Waals surface area (Å²) in [5, 5.41) is 0. The van der Waals surface area contributed by atoms with E-state index in [2.05, 4.69) is 15.0 Å². The maximum absolute atomic E-state index is 13.4. The highest BCUT2D eigenvalue weighted by atomic mass is 19.4. The average Bonchev–Trinajstić information content (AvgIpc) is 3.35. The fourth-order valence-electron chi connectivity index (χ4n) is 4.36. The normalized spacial score (nSPS) is 17.9. The molecule has 0 bridgehead atoms. The van der Waals surface area contributed by atoms with Crippen molar-refractivity contribution >= 4 is 22.8 Å². The van der Waals surface area contributed by atoms with E-state index in [1.54, 1.807) is 0 Å². The topological polar surface area (TPSA) is 37.6 Å². The van der Waals surface area contributed by atoms with Crippen molar-refractivity contribution in [3.05, 3.63) is 88.2 Å². The van der Waals surface area contributed by atoms with Crippen LogP contribution in [0.1, 0.15) is 46.5 Å². The molecule has 1 heterocycles. The summed E-state index contributed by atoms with van der Waals surface area (Å²) in [5.41, 5.74) is 1.53. The number of halogens is 6. The smallest absolute Gasteiger partial charge is 0.251 e. The van der Waals surface area contributed by atoms with Gasteiger partial charge in [-0.3, -0.25) is 9.98 Å². The zero-order chi connectivity index (χ0) is 24.1. The number of para-hydroxylation sites is 2. The molecule has 34 heavy (non-hydrogen) atoms. The summed E-state index contributed by atoms with van der Waals surface area (Å²) in [6.45, 7) is 0. The monoisotopic (exact) mass is 473 g/mol. The number of nitrogens with zero attached hydrogens (tertiary/aromatic N) is 3. The summed E-state index contributed by atoms with van der Waals surface area (Å²) in [5.74, 6) is 0. The fourth-order valence-corrected chi connectivity index (χ4v) is 4.36. The van der Waals surface area contributed by atoms with Crippen molar-refractivity contribution in [2.75, 3.05) is 0 Å². The van der Waals surface area contributed by atoms with Crippen LogP contribution in [-0.4, -0.2) is 16.4 Å². The van der Waals surface area contributed by atoms with Crippen molar-refractivity contribution in [2.45, 2.75) is 38.0 Å². The number of pyridine rings is 1. The molecule has 2 aliphatic carbocycles. The predicted molar refractivity (Wildman–Crippen MR) is 116 cm³/mol. The third-order valence-corrected chi connectivity index (χ3v) is 5.92. The lowest BCUT2D eigenvalue weighted by atomic mass is 10.1. The molecule has 5 rings (SSSR count).